The number of aliphatic carboxylic acids is 1. The average molecular weight is 425 g/mol. The number of fused-ring (bicyclic) bond motifs is 1. The molecule has 1 saturated heterocycles. The Labute approximate surface area is 181 Å². The lowest BCUT2D eigenvalue weighted by atomic mass is 9.91. The van der Waals surface area contributed by atoms with Crippen molar-refractivity contribution in [3.63, 3.8) is 0 Å². The Hall–Kier alpha value is -2.63. The molecular weight excluding hydrogens is 400 g/mol. The van der Waals surface area contributed by atoms with Gasteiger partial charge < -0.3 is 9.84 Å². The SMILES string of the molecule is CCOc1ccc(Cl)cc1C(c1cnc2ccccc2c1)N1CCCCC1C(=O)O. The van der Waals surface area contributed by atoms with Gasteiger partial charge in [-0.1, -0.05) is 36.2 Å². The highest BCUT2D eigenvalue weighted by Gasteiger charge is 2.36. The summed E-state index contributed by atoms with van der Waals surface area (Å²) in [5.41, 5.74) is 2.71. The minimum atomic E-state index is -0.798. The van der Waals surface area contributed by atoms with E-state index in [2.05, 4.69) is 16.0 Å². The minimum absolute atomic E-state index is 0.316. The van der Waals surface area contributed by atoms with E-state index < -0.39 is 12.0 Å². The molecule has 1 aromatic heterocycles. The van der Waals surface area contributed by atoms with Gasteiger partial charge in [-0.3, -0.25) is 14.7 Å². The van der Waals surface area contributed by atoms with Gasteiger partial charge in [-0.2, -0.15) is 0 Å². The third-order valence-electron chi connectivity index (χ3n) is 5.65. The molecule has 4 rings (SSSR count). The quantitative estimate of drug-likeness (QED) is 0.580. The number of hydrogen-bond donors (Lipinski definition) is 1. The van der Waals surface area contributed by atoms with Crippen LogP contribution in [0.15, 0.2) is 54.7 Å². The van der Waals surface area contributed by atoms with Gasteiger partial charge in [0, 0.05) is 22.2 Å². The first-order valence-electron chi connectivity index (χ1n) is 10.3. The number of nitrogens with zero attached hydrogens (tertiary/aromatic N) is 2. The molecule has 0 saturated carbocycles. The van der Waals surface area contributed by atoms with Gasteiger partial charge in [0.05, 0.1) is 18.2 Å². The predicted octanol–water partition coefficient (Wildman–Crippen LogP) is 5.32. The van der Waals surface area contributed by atoms with Crippen LogP contribution >= 0.6 is 11.6 Å². The van der Waals surface area contributed by atoms with Gasteiger partial charge in [-0.15, -0.1) is 0 Å². The molecule has 0 spiro atoms. The van der Waals surface area contributed by atoms with Crippen molar-refractivity contribution in [2.24, 2.45) is 0 Å². The third kappa shape index (κ3) is 4.13. The van der Waals surface area contributed by atoms with Crippen molar-refractivity contribution in [1.29, 1.82) is 0 Å². The van der Waals surface area contributed by atoms with Crippen LogP contribution in [0.3, 0.4) is 0 Å². The summed E-state index contributed by atoms with van der Waals surface area (Å²) in [6.45, 7) is 3.14. The van der Waals surface area contributed by atoms with E-state index in [4.69, 9.17) is 16.3 Å². The number of carboxylic acids is 1. The first-order valence-corrected chi connectivity index (χ1v) is 10.7. The summed E-state index contributed by atoms with van der Waals surface area (Å²) in [5.74, 6) is -0.0804. The van der Waals surface area contributed by atoms with Gasteiger partial charge in [0.15, 0.2) is 0 Å². The number of likely N-dealkylation sites (tertiary alicyclic amines) is 1. The summed E-state index contributed by atoms with van der Waals surface area (Å²) in [4.78, 5) is 18.8. The van der Waals surface area contributed by atoms with E-state index in [1.807, 2.05) is 49.5 Å². The molecule has 0 radical (unpaired) electrons. The molecule has 2 atom stereocenters. The molecular formula is C24H25ClN2O3. The molecule has 0 bridgehead atoms. The Balaban J connectivity index is 1.90. The molecule has 5 nitrogen and oxygen atoms in total. The van der Waals surface area contributed by atoms with Crippen LogP contribution in [-0.2, 0) is 4.79 Å². The molecule has 2 heterocycles. The smallest absolute Gasteiger partial charge is 0.320 e. The largest absolute Gasteiger partial charge is 0.494 e. The van der Waals surface area contributed by atoms with Gasteiger partial charge >= 0.3 is 5.97 Å². The van der Waals surface area contributed by atoms with E-state index >= 15 is 0 Å². The lowest BCUT2D eigenvalue weighted by Gasteiger charge is -2.40. The number of rotatable bonds is 6. The number of hydrogen-bond acceptors (Lipinski definition) is 4. The van der Waals surface area contributed by atoms with Crippen molar-refractivity contribution in [2.45, 2.75) is 38.3 Å². The topological polar surface area (TPSA) is 62.7 Å². The van der Waals surface area contributed by atoms with Gasteiger partial charge in [-0.05, 0) is 62.2 Å². The molecule has 3 aromatic rings. The molecule has 1 N–H and O–H groups in total. The number of para-hydroxylation sites is 1. The summed E-state index contributed by atoms with van der Waals surface area (Å²) < 4.78 is 5.92. The molecule has 30 heavy (non-hydrogen) atoms. The summed E-state index contributed by atoms with van der Waals surface area (Å²) in [6, 6.07) is 14.7. The monoisotopic (exact) mass is 424 g/mol. The highest BCUT2D eigenvalue weighted by Crippen LogP contribution is 2.40. The van der Waals surface area contributed by atoms with Gasteiger partial charge in [-0.25, -0.2) is 0 Å². The second-order valence-corrected chi connectivity index (χ2v) is 8.00. The van der Waals surface area contributed by atoms with Crippen molar-refractivity contribution in [3.8, 4) is 5.75 Å². The highest BCUT2D eigenvalue weighted by atomic mass is 35.5. The first-order chi connectivity index (χ1) is 14.6. The van der Waals surface area contributed by atoms with Gasteiger partial charge in [0.1, 0.15) is 11.8 Å². The van der Waals surface area contributed by atoms with Crippen LogP contribution in [0.2, 0.25) is 5.02 Å². The summed E-state index contributed by atoms with van der Waals surface area (Å²) in [5, 5.41) is 11.5. The van der Waals surface area contributed by atoms with E-state index in [0.29, 0.717) is 24.6 Å². The number of ether oxygens (including phenoxy) is 1. The van der Waals surface area contributed by atoms with E-state index in [9.17, 15) is 9.90 Å². The molecule has 2 unspecified atom stereocenters. The zero-order valence-corrected chi connectivity index (χ0v) is 17.7. The Bertz CT molecular complexity index is 1060. The number of pyridine rings is 1. The lowest BCUT2D eigenvalue weighted by molar-refractivity contribution is -0.145. The van der Waals surface area contributed by atoms with E-state index in [1.54, 1.807) is 6.07 Å². The molecule has 0 amide bonds. The van der Waals surface area contributed by atoms with Crippen molar-refractivity contribution in [1.82, 2.24) is 9.88 Å². The van der Waals surface area contributed by atoms with Crippen LogP contribution in [0.4, 0.5) is 0 Å². The lowest BCUT2D eigenvalue weighted by Crippen LogP contribution is -2.47. The van der Waals surface area contributed by atoms with Gasteiger partial charge in [0.25, 0.3) is 0 Å². The maximum absolute atomic E-state index is 12.1. The van der Waals surface area contributed by atoms with E-state index in [1.165, 1.54) is 0 Å². The van der Waals surface area contributed by atoms with E-state index in [-0.39, 0.29) is 6.04 Å². The van der Waals surface area contributed by atoms with Crippen molar-refractivity contribution >= 4 is 28.5 Å². The second kappa shape index (κ2) is 9.02. The Kier molecular flexibility index (Phi) is 6.21. The van der Waals surface area contributed by atoms with Crippen molar-refractivity contribution in [3.05, 3.63) is 70.9 Å². The van der Waals surface area contributed by atoms with Crippen molar-refractivity contribution < 1.29 is 14.6 Å². The zero-order chi connectivity index (χ0) is 21.1. The van der Waals surface area contributed by atoms with Crippen LogP contribution in [0.25, 0.3) is 10.9 Å². The van der Waals surface area contributed by atoms with E-state index in [0.717, 1.165) is 40.6 Å². The highest BCUT2D eigenvalue weighted by molar-refractivity contribution is 6.30. The molecule has 6 heteroatoms. The van der Waals surface area contributed by atoms with Crippen LogP contribution < -0.4 is 4.74 Å². The Morgan fingerprint density at radius 2 is 2.10 bits per heavy atom. The number of halogens is 1. The second-order valence-electron chi connectivity index (χ2n) is 7.57. The minimum Gasteiger partial charge on any atom is -0.494 e. The van der Waals surface area contributed by atoms with Crippen LogP contribution in [0.5, 0.6) is 5.75 Å². The summed E-state index contributed by atoms with van der Waals surface area (Å²) in [6.07, 6.45) is 4.32. The Morgan fingerprint density at radius 3 is 2.90 bits per heavy atom. The number of carbonyl (C=O) groups is 1. The van der Waals surface area contributed by atoms with Gasteiger partial charge in [0.2, 0.25) is 0 Å². The molecule has 0 aliphatic carbocycles. The fraction of sp³-hybridized carbons (Fsp3) is 0.333. The number of carboxylic acid groups (broad SMARTS) is 1. The number of piperidine rings is 1. The summed E-state index contributed by atoms with van der Waals surface area (Å²) in [7, 11) is 0. The third-order valence-corrected chi connectivity index (χ3v) is 5.89. The fourth-order valence-electron chi connectivity index (χ4n) is 4.34. The predicted molar refractivity (Wildman–Crippen MR) is 118 cm³/mol. The molecule has 1 aliphatic heterocycles. The standard InChI is InChI=1S/C24H25ClN2O3/c1-2-30-22-11-10-18(25)14-19(22)23(27-12-6-5-9-21(27)24(28)29)17-13-16-7-3-4-8-20(16)26-15-17/h3-4,7-8,10-11,13-15,21,23H,2,5-6,9,12H2,1H3,(H,28,29). The first kappa shape index (κ1) is 20.6. The Morgan fingerprint density at radius 1 is 1.27 bits per heavy atom. The molecule has 2 aromatic carbocycles. The maximum atomic E-state index is 12.1. The number of aromatic nitrogens is 1. The van der Waals surface area contributed by atoms with Crippen LogP contribution in [0, 0.1) is 0 Å². The normalized spacial score (nSPS) is 18.3. The molecule has 156 valence electrons. The average Bonchev–Trinajstić information content (AvgIpc) is 2.76. The van der Waals surface area contributed by atoms with Crippen LogP contribution in [0.1, 0.15) is 43.4 Å². The fourth-order valence-corrected chi connectivity index (χ4v) is 4.52. The maximum Gasteiger partial charge on any atom is 0.320 e. The van der Waals surface area contributed by atoms with Crippen LogP contribution in [-0.4, -0.2) is 40.2 Å². The summed E-state index contributed by atoms with van der Waals surface area (Å²) >= 11 is 6.38. The zero-order valence-electron chi connectivity index (χ0n) is 16.9. The number of benzene rings is 2. The molecule has 1 aliphatic rings. The molecule has 1 fully saturated rings. The van der Waals surface area contributed by atoms with Crippen molar-refractivity contribution in [2.75, 3.05) is 13.2 Å².